The Morgan fingerprint density at radius 1 is 1.32 bits per heavy atom. The van der Waals surface area contributed by atoms with Gasteiger partial charge in [0.25, 0.3) is 0 Å². The Kier molecular flexibility index (Phi) is 3.98. The summed E-state index contributed by atoms with van der Waals surface area (Å²) in [5.74, 6) is -0.0942. The second kappa shape index (κ2) is 6.08. The van der Waals surface area contributed by atoms with Gasteiger partial charge in [-0.1, -0.05) is 11.6 Å². The molecule has 0 saturated carbocycles. The molecule has 22 heavy (non-hydrogen) atoms. The number of carbonyl (C=O) groups is 1. The molecule has 0 aromatic carbocycles. The molecule has 0 bridgehead atoms. The molecule has 3 aromatic rings. The number of carbonyl (C=O) groups excluding carboxylic acids is 1. The standard InChI is InChI=1S/C12H9ClN6O2S/c13-8-3-4-9(14-6-8)15-10(20)7-18-12(21)19(17-16-18)11-2-1-5-22-11/h1-6H,7H2,(H,14,15,20). The number of aromatic nitrogens is 5. The number of anilines is 1. The van der Waals surface area contributed by atoms with Crippen molar-refractivity contribution in [2.24, 2.45) is 0 Å². The topological polar surface area (TPSA) is 94.7 Å². The molecule has 0 aliphatic carbocycles. The number of thiophene rings is 1. The van der Waals surface area contributed by atoms with Gasteiger partial charge >= 0.3 is 5.69 Å². The van der Waals surface area contributed by atoms with E-state index >= 15 is 0 Å². The first kappa shape index (κ1) is 14.4. The van der Waals surface area contributed by atoms with Crippen molar-refractivity contribution >= 4 is 34.7 Å². The Morgan fingerprint density at radius 3 is 2.86 bits per heavy atom. The number of halogens is 1. The molecular formula is C12H9ClN6O2S. The smallest absolute Gasteiger partial charge is 0.309 e. The van der Waals surface area contributed by atoms with Crippen LogP contribution in [0.4, 0.5) is 5.82 Å². The molecule has 10 heteroatoms. The summed E-state index contributed by atoms with van der Waals surface area (Å²) in [6, 6.07) is 6.70. The number of amides is 1. The van der Waals surface area contributed by atoms with Crippen LogP contribution in [0.3, 0.4) is 0 Å². The van der Waals surface area contributed by atoms with Crippen LogP contribution in [-0.4, -0.2) is 30.7 Å². The monoisotopic (exact) mass is 336 g/mol. The van der Waals surface area contributed by atoms with Crippen molar-refractivity contribution in [2.45, 2.75) is 6.54 Å². The zero-order valence-corrected chi connectivity index (χ0v) is 12.6. The van der Waals surface area contributed by atoms with Gasteiger partial charge in [-0.25, -0.2) is 9.78 Å². The second-order valence-electron chi connectivity index (χ2n) is 4.19. The lowest BCUT2D eigenvalue weighted by atomic mass is 10.4. The molecule has 0 atom stereocenters. The summed E-state index contributed by atoms with van der Waals surface area (Å²) in [5, 5.41) is 12.9. The second-order valence-corrected chi connectivity index (χ2v) is 5.55. The first-order chi connectivity index (χ1) is 10.6. The van der Waals surface area contributed by atoms with E-state index in [2.05, 4.69) is 20.7 Å². The van der Waals surface area contributed by atoms with Crippen LogP contribution in [0.25, 0.3) is 5.00 Å². The highest BCUT2D eigenvalue weighted by molar-refractivity contribution is 7.12. The molecule has 3 heterocycles. The van der Waals surface area contributed by atoms with Gasteiger partial charge in [0.1, 0.15) is 17.4 Å². The van der Waals surface area contributed by atoms with Gasteiger partial charge in [-0.05, 0) is 40.1 Å². The molecule has 0 unspecified atom stereocenters. The molecule has 1 amide bonds. The Balaban J connectivity index is 1.72. The molecule has 3 aromatic heterocycles. The molecule has 112 valence electrons. The maximum atomic E-state index is 12.1. The summed E-state index contributed by atoms with van der Waals surface area (Å²) in [5.41, 5.74) is -0.485. The Bertz CT molecular complexity index is 839. The van der Waals surface area contributed by atoms with E-state index in [1.165, 1.54) is 17.5 Å². The van der Waals surface area contributed by atoms with Gasteiger partial charge in [0, 0.05) is 6.20 Å². The van der Waals surface area contributed by atoms with Crippen molar-refractivity contribution in [1.29, 1.82) is 0 Å². The fourth-order valence-corrected chi connectivity index (χ4v) is 2.45. The van der Waals surface area contributed by atoms with Gasteiger partial charge in [-0.15, -0.1) is 11.3 Å². The zero-order valence-electron chi connectivity index (χ0n) is 11.0. The molecule has 8 nitrogen and oxygen atoms in total. The summed E-state index contributed by atoms with van der Waals surface area (Å²) in [7, 11) is 0. The van der Waals surface area contributed by atoms with Crippen LogP contribution >= 0.6 is 22.9 Å². The summed E-state index contributed by atoms with van der Waals surface area (Å²) in [6.45, 7) is -0.255. The van der Waals surface area contributed by atoms with Gasteiger partial charge in [-0.3, -0.25) is 4.79 Å². The van der Waals surface area contributed by atoms with Crippen LogP contribution < -0.4 is 11.0 Å². The molecule has 0 spiro atoms. The van der Waals surface area contributed by atoms with Crippen LogP contribution in [0.1, 0.15) is 0 Å². The van der Waals surface area contributed by atoms with E-state index in [0.29, 0.717) is 15.8 Å². The maximum absolute atomic E-state index is 12.1. The van der Waals surface area contributed by atoms with Crippen molar-refractivity contribution in [1.82, 2.24) is 24.8 Å². The van der Waals surface area contributed by atoms with Crippen LogP contribution in [-0.2, 0) is 11.3 Å². The third-order valence-corrected chi connectivity index (χ3v) is 3.71. The Morgan fingerprint density at radius 2 is 2.18 bits per heavy atom. The van der Waals surface area contributed by atoms with Crippen LogP contribution in [0.5, 0.6) is 0 Å². The SMILES string of the molecule is O=C(Cn1nnn(-c2cccs2)c1=O)Nc1ccc(Cl)cn1. The number of hydrogen-bond donors (Lipinski definition) is 1. The lowest BCUT2D eigenvalue weighted by Gasteiger charge is -2.03. The minimum absolute atomic E-state index is 0.255. The van der Waals surface area contributed by atoms with Crippen molar-refractivity contribution < 1.29 is 4.79 Å². The first-order valence-electron chi connectivity index (χ1n) is 6.11. The van der Waals surface area contributed by atoms with Gasteiger partial charge in [0.15, 0.2) is 0 Å². The average molecular weight is 337 g/mol. The molecule has 0 aliphatic rings. The van der Waals surface area contributed by atoms with Crippen molar-refractivity contribution in [3.05, 3.63) is 51.3 Å². The van der Waals surface area contributed by atoms with Crippen LogP contribution in [0, 0.1) is 0 Å². The predicted octanol–water partition coefficient (Wildman–Crippen LogP) is 1.18. The average Bonchev–Trinajstić information content (AvgIpc) is 3.12. The highest BCUT2D eigenvalue weighted by atomic mass is 35.5. The molecule has 0 fully saturated rings. The number of nitrogens with one attached hydrogen (secondary N) is 1. The quantitative estimate of drug-likeness (QED) is 0.772. The van der Waals surface area contributed by atoms with Gasteiger partial charge in [0.2, 0.25) is 5.91 Å². The summed E-state index contributed by atoms with van der Waals surface area (Å²) >= 11 is 7.06. The van der Waals surface area contributed by atoms with Gasteiger partial charge in [-0.2, -0.15) is 9.36 Å². The lowest BCUT2D eigenvalue weighted by Crippen LogP contribution is -2.29. The number of hydrogen-bond acceptors (Lipinski definition) is 6. The minimum Gasteiger partial charge on any atom is -0.309 e. The Hall–Kier alpha value is -2.52. The molecular weight excluding hydrogens is 328 g/mol. The van der Waals surface area contributed by atoms with E-state index in [-0.39, 0.29) is 6.54 Å². The molecule has 0 saturated heterocycles. The summed E-state index contributed by atoms with van der Waals surface area (Å²) in [6.07, 6.45) is 1.41. The van der Waals surface area contributed by atoms with E-state index in [4.69, 9.17) is 11.6 Å². The van der Waals surface area contributed by atoms with Crippen molar-refractivity contribution in [2.75, 3.05) is 5.32 Å². The van der Waals surface area contributed by atoms with Gasteiger partial charge < -0.3 is 5.32 Å². The Labute approximate surface area is 133 Å². The number of tetrazole rings is 1. The van der Waals surface area contributed by atoms with Crippen molar-refractivity contribution in [3.63, 3.8) is 0 Å². The van der Waals surface area contributed by atoms with E-state index < -0.39 is 11.6 Å². The fourth-order valence-electron chi connectivity index (χ4n) is 1.67. The molecule has 1 N–H and O–H groups in total. The summed E-state index contributed by atoms with van der Waals surface area (Å²) in [4.78, 5) is 27.9. The van der Waals surface area contributed by atoms with E-state index in [1.807, 2.05) is 5.38 Å². The predicted molar refractivity (Wildman–Crippen MR) is 81.4 cm³/mol. The fraction of sp³-hybridized carbons (Fsp3) is 0.0833. The van der Waals surface area contributed by atoms with E-state index in [0.717, 1.165) is 9.36 Å². The highest BCUT2D eigenvalue weighted by Crippen LogP contribution is 2.11. The molecule has 0 radical (unpaired) electrons. The number of nitrogens with zero attached hydrogens (tertiary/aromatic N) is 5. The molecule has 3 rings (SSSR count). The zero-order chi connectivity index (χ0) is 15.5. The van der Waals surface area contributed by atoms with Crippen LogP contribution in [0.15, 0.2) is 40.6 Å². The highest BCUT2D eigenvalue weighted by Gasteiger charge is 2.13. The first-order valence-corrected chi connectivity index (χ1v) is 7.37. The maximum Gasteiger partial charge on any atom is 0.369 e. The largest absolute Gasteiger partial charge is 0.369 e. The normalized spacial score (nSPS) is 10.6. The van der Waals surface area contributed by atoms with Crippen LogP contribution in [0.2, 0.25) is 5.02 Å². The minimum atomic E-state index is -0.485. The van der Waals surface area contributed by atoms with E-state index in [9.17, 15) is 9.59 Å². The third kappa shape index (κ3) is 3.05. The number of rotatable bonds is 4. The van der Waals surface area contributed by atoms with Crippen molar-refractivity contribution in [3.8, 4) is 5.00 Å². The van der Waals surface area contributed by atoms with E-state index in [1.54, 1.807) is 24.3 Å². The molecule has 0 aliphatic heterocycles. The number of pyridine rings is 1. The summed E-state index contributed by atoms with van der Waals surface area (Å²) < 4.78 is 2.11. The van der Waals surface area contributed by atoms with Gasteiger partial charge in [0.05, 0.1) is 5.02 Å². The third-order valence-electron chi connectivity index (χ3n) is 2.64. The lowest BCUT2D eigenvalue weighted by molar-refractivity contribution is -0.117.